The normalized spacial score (nSPS) is 47.9. The fourth-order valence-corrected chi connectivity index (χ4v) is 9.89. The molecule has 0 saturated heterocycles. The van der Waals surface area contributed by atoms with Gasteiger partial charge in [-0.1, -0.05) is 32.4 Å². The zero-order valence-corrected chi connectivity index (χ0v) is 26.3. The predicted octanol–water partition coefficient (Wildman–Crippen LogP) is -0.979. The SMILES string of the molecule is C/C(=C\CC[C@@H](C)[C@H]1C[C@H](OS(=O)(=O)[O-])[C@@]2(O)[C@]3(O)C[C@H](O)[C@H]4C[C@@H](O)CC[C@]4(C)C3CC[C@]12C)CO.[Na+]. The van der Waals surface area contributed by atoms with E-state index in [4.69, 9.17) is 4.18 Å². The standard InChI is InChI=1S/C27H46O9S.Na/c1-16(15-28)6-5-7-17(2)19-13-23(36-37(33,34)35)27(32)25(19,4)11-9-22-24(3)10-8-18(29)12-20(24)21(30)14-26(22,27)31;/h6,17-23,28-32H,5,7-15H2,1-4H3,(H,33,34,35);/q;+1/p-1/b16-6+;/t17-,18+,19-,20-,21+,22?,23+,24+,25-,26+,27+;/m1./s1. The third-order valence-corrected chi connectivity index (χ3v) is 11.7. The van der Waals surface area contributed by atoms with Crippen LogP contribution in [0, 0.1) is 34.5 Å². The molecule has 0 spiro atoms. The smallest absolute Gasteiger partial charge is 0.726 e. The number of aliphatic hydroxyl groups is 5. The van der Waals surface area contributed by atoms with Crippen molar-refractivity contribution in [2.24, 2.45) is 34.5 Å². The van der Waals surface area contributed by atoms with Crippen molar-refractivity contribution in [3.63, 3.8) is 0 Å². The molecule has 4 rings (SSSR count). The van der Waals surface area contributed by atoms with E-state index in [0.717, 1.165) is 5.57 Å². The van der Waals surface area contributed by atoms with Crippen molar-refractivity contribution in [2.75, 3.05) is 6.61 Å². The van der Waals surface area contributed by atoms with E-state index in [1.54, 1.807) is 0 Å². The van der Waals surface area contributed by atoms with E-state index in [1.807, 2.05) is 33.8 Å². The van der Waals surface area contributed by atoms with Crippen LogP contribution in [-0.4, -0.2) is 74.6 Å². The minimum atomic E-state index is -5.18. The van der Waals surface area contributed by atoms with E-state index >= 15 is 0 Å². The van der Waals surface area contributed by atoms with E-state index in [2.05, 4.69) is 0 Å². The van der Waals surface area contributed by atoms with Crippen LogP contribution in [0.15, 0.2) is 11.6 Å². The van der Waals surface area contributed by atoms with Crippen LogP contribution in [0.3, 0.4) is 0 Å². The molecular weight excluding hydrogens is 523 g/mol. The first kappa shape index (κ1) is 32.9. The quantitative estimate of drug-likeness (QED) is 0.112. The predicted molar refractivity (Wildman–Crippen MR) is 135 cm³/mol. The van der Waals surface area contributed by atoms with E-state index in [0.29, 0.717) is 44.9 Å². The van der Waals surface area contributed by atoms with Crippen molar-refractivity contribution < 1.29 is 72.2 Å². The Morgan fingerprint density at radius 3 is 2.42 bits per heavy atom. The van der Waals surface area contributed by atoms with Crippen molar-refractivity contribution in [2.45, 2.75) is 115 Å². The van der Waals surface area contributed by atoms with Crippen LogP contribution in [0.1, 0.15) is 85.5 Å². The Kier molecular flexibility index (Phi) is 9.74. The molecule has 0 heterocycles. The molecule has 0 amide bonds. The second-order valence-corrected chi connectivity index (χ2v) is 14.1. The minimum absolute atomic E-state index is 0. The first-order valence-electron chi connectivity index (χ1n) is 13.7. The van der Waals surface area contributed by atoms with Gasteiger partial charge in [-0.15, -0.1) is 0 Å². The average molecular weight is 569 g/mol. The molecule has 1 unspecified atom stereocenters. The molecule has 9 nitrogen and oxygen atoms in total. The van der Waals surface area contributed by atoms with E-state index in [1.165, 1.54) is 0 Å². The van der Waals surface area contributed by atoms with Crippen LogP contribution in [0.25, 0.3) is 0 Å². The van der Waals surface area contributed by atoms with Crippen LogP contribution in [0.5, 0.6) is 0 Å². The van der Waals surface area contributed by atoms with Gasteiger partial charge in [0.1, 0.15) is 17.3 Å². The number of hydrogen-bond donors (Lipinski definition) is 5. The Morgan fingerprint density at radius 1 is 1.16 bits per heavy atom. The van der Waals surface area contributed by atoms with Gasteiger partial charge in [-0.2, -0.15) is 0 Å². The zero-order valence-electron chi connectivity index (χ0n) is 23.5. The first-order valence-corrected chi connectivity index (χ1v) is 15.1. The second kappa shape index (κ2) is 11.2. The van der Waals surface area contributed by atoms with Crippen LogP contribution < -0.4 is 29.6 Å². The largest absolute Gasteiger partial charge is 1.00 e. The molecule has 38 heavy (non-hydrogen) atoms. The number of fused-ring (bicyclic) bond motifs is 5. The Hall–Kier alpha value is 0.410. The summed E-state index contributed by atoms with van der Waals surface area (Å²) in [4.78, 5) is 0. The maximum absolute atomic E-state index is 12.6. The van der Waals surface area contributed by atoms with Gasteiger partial charge in [0.15, 0.2) is 0 Å². The van der Waals surface area contributed by atoms with Crippen molar-refractivity contribution >= 4 is 10.4 Å². The van der Waals surface area contributed by atoms with Crippen LogP contribution in [0.4, 0.5) is 0 Å². The molecule has 214 valence electrons. The maximum atomic E-state index is 12.6. The van der Waals surface area contributed by atoms with E-state index in [-0.39, 0.29) is 66.8 Å². The molecule has 11 heteroatoms. The Bertz CT molecular complexity index is 1010. The summed E-state index contributed by atoms with van der Waals surface area (Å²) >= 11 is 0. The summed E-state index contributed by atoms with van der Waals surface area (Å²) in [5.41, 5.74) is -4.61. The van der Waals surface area contributed by atoms with Crippen LogP contribution in [0.2, 0.25) is 0 Å². The summed E-state index contributed by atoms with van der Waals surface area (Å²) in [6.45, 7) is 7.70. The fraction of sp³-hybridized carbons (Fsp3) is 0.926. The monoisotopic (exact) mass is 568 g/mol. The fourth-order valence-electron chi connectivity index (χ4n) is 9.39. The number of rotatable bonds is 7. The minimum Gasteiger partial charge on any atom is -0.726 e. The molecule has 0 bridgehead atoms. The van der Waals surface area contributed by atoms with Gasteiger partial charge in [0.25, 0.3) is 0 Å². The summed E-state index contributed by atoms with van der Waals surface area (Å²) < 4.78 is 40.6. The number of aliphatic hydroxyl groups excluding tert-OH is 3. The second-order valence-electron chi connectivity index (χ2n) is 13.1. The molecule has 4 saturated carbocycles. The average Bonchev–Trinajstić information content (AvgIpc) is 3.02. The van der Waals surface area contributed by atoms with Gasteiger partial charge < -0.3 is 30.1 Å². The molecule has 4 aliphatic rings. The number of allylic oxidation sites excluding steroid dienone is 1. The molecule has 0 aromatic carbocycles. The summed E-state index contributed by atoms with van der Waals surface area (Å²) in [7, 11) is -5.18. The van der Waals surface area contributed by atoms with Crippen molar-refractivity contribution in [3.8, 4) is 0 Å². The van der Waals surface area contributed by atoms with Crippen molar-refractivity contribution in [1.29, 1.82) is 0 Å². The van der Waals surface area contributed by atoms with E-state index < -0.39 is 56.7 Å². The molecule has 4 fully saturated rings. The van der Waals surface area contributed by atoms with Crippen molar-refractivity contribution in [1.82, 2.24) is 0 Å². The molecule has 0 aromatic heterocycles. The van der Waals surface area contributed by atoms with Gasteiger partial charge in [-0.25, -0.2) is 8.42 Å². The van der Waals surface area contributed by atoms with E-state index in [9.17, 15) is 38.5 Å². The van der Waals surface area contributed by atoms with Gasteiger partial charge >= 0.3 is 29.6 Å². The van der Waals surface area contributed by atoms with Gasteiger partial charge in [0.05, 0.1) is 18.8 Å². The Balaban J connectivity index is 0.00000400. The van der Waals surface area contributed by atoms with Gasteiger partial charge in [0, 0.05) is 11.8 Å². The third-order valence-electron chi connectivity index (χ3n) is 11.3. The molecular formula is C27H45NaO9S. The Morgan fingerprint density at radius 2 is 1.82 bits per heavy atom. The maximum Gasteiger partial charge on any atom is 1.00 e. The summed E-state index contributed by atoms with van der Waals surface area (Å²) in [6, 6.07) is 0. The van der Waals surface area contributed by atoms with Crippen LogP contribution in [-0.2, 0) is 14.6 Å². The Labute approximate surface area is 249 Å². The molecule has 0 aliphatic heterocycles. The molecule has 4 aliphatic carbocycles. The zero-order chi connectivity index (χ0) is 27.6. The number of hydrogen-bond acceptors (Lipinski definition) is 9. The van der Waals surface area contributed by atoms with Gasteiger partial charge in [-0.3, -0.25) is 4.18 Å². The molecule has 5 N–H and O–H groups in total. The van der Waals surface area contributed by atoms with Crippen molar-refractivity contribution in [3.05, 3.63) is 11.6 Å². The molecule has 11 atom stereocenters. The summed E-state index contributed by atoms with van der Waals surface area (Å²) in [5.74, 6) is -0.949. The molecule has 0 aromatic rings. The van der Waals surface area contributed by atoms with Gasteiger partial charge in [-0.05, 0) is 87.4 Å². The molecule has 0 radical (unpaired) electrons. The topological polar surface area (TPSA) is 168 Å². The third kappa shape index (κ3) is 5.12. The van der Waals surface area contributed by atoms with Gasteiger partial charge in [0.2, 0.25) is 10.4 Å². The summed E-state index contributed by atoms with van der Waals surface area (Å²) in [6.07, 6.45) is 2.92. The summed E-state index contributed by atoms with van der Waals surface area (Å²) in [5, 5.41) is 56.0. The first-order chi connectivity index (χ1) is 17.0. The van der Waals surface area contributed by atoms with Crippen LogP contribution >= 0.6 is 0 Å².